The number of aromatic nitrogens is 2. The monoisotopic (exact) mass is 256 g/mol. The maximum atomic E-state index is 13.1. The Morgan fingerprint density at radius 1 is 1.11 bits per heavy atom. The van der Waals surface area contributed by atoms with Crippen LogP contribution in [0.1, 0.15) is 6.92 Å². The minimum absolute atomic E-state index is 0.275. The first kappa shape index (κ1) is 11.7. The van der Waals surface area contributed by atoms with Gasteiger partial charge in [-0.15, -0.1) is 0 Å². The molecule has 0 aliphatic carbocycles. The number of benzene rings is 1. The lowest BCUT2D eigenvalue weighted by atomic mass is 10.2. The van der Waals surface area contributed by atoms with E-state index < -0.39 is 0 Å². The third-order valence-electron chi connectivity index (χ3n) is 2.88. The van der Waals surface area contributed by atoms with Crippen molar-refractivity contribution in [2.45, 2.75) is 6.92 Å². The van der Waals surface area contributed by atoms with Gasteiger partial charge in [0.2, 0.25) is 0 Å². The van der Waals surface area contributed by atoms with E-state index in [4.69, 9.17) is 4.74 Å². The number of fused-ring (bicyclic) bond motifs is 1. The van der Waals surface area contributed by atoms with Crippen LogP contribution in [-0.4, -0.2) is 16.0 Å². The minimum Gasteiger partial charge on any atom is -0.494 e. The highest BCUT2D eigenvalue weighted by atomic mass is 19.1. The standard InChI is InChI=1S/C15H13FN2O/c1-2-19-13-6-3-11(4-7-13)14-10-18-9-12(16)5-8-15(18)17-14/h3-10H,2H2,1H3. The third-order valence-corrected chi connectivity index (χ3v) is 2.88. The Balaban J connectivity index is 1.99. The smallest absolute Gasteiger partial charge is 0.139 e. The number of hydrogen-bond donors (Lipinski definition) is 0. The highest BCUT2D eigenvalue weighted by Crippen LogP contribution is 2.22. The number of rotatable bonds is 3. The van der Waals surface area contributed by atoms with Crippen LogP contribution < -0.4 is 4.74 Å². The van der Waals surface area contributed by atoms with E-state index in [9.17, 15) is 4.39 Å². The molecule has 0 N–H and O–H groups in total. The predicted octanol–water partition coefficient (Wildman–Crippen LogP) is 3.54. The second-order valence-electron chi connectivity index (χ2n) is 4.20. The molecule has 0 aliphatic rings. The fourth-order valence-electron chi connectivity index (χ4n) is 1.99. The zero-order valence-corrected chi connectivity index (χ0v) is 10.5. The summed E-state index contributed by atoms with van der Waals surface area (Å²) in [6.07, 6.45) is 3.23. The molecule has 0 bridgehead atoms. The summed E-state index contributed by atoms with van der Waals surface area (Å²) in [6, 6.07) is 10.8. The number of ether oxygens (including phenoxy) is 1. The Kier molecular flexibility index (Phi) is 2.91. The van der Waals surface area contributed by atoms with Gasteiger partial charge >= 0.3 is 0 Å². The lowest BCUT2D eigenvalue weighted by molar-refractivity contribution is 0.340. The van der Waals surface area contributed by atoms with Gasteiger partial charge in [0.25, 0.3) is 0 Å². The fraction of sp³-hybridized carbons (Fsp3) is 0.133. The first-order valence-corrected chi connectivity index (χ1v) is 6.14. The molecule has 3 aromatic rings. The minimum atomic E-state index is -0.275. The average Bonchev–Trinajstić information content (AvgIpc) is 2.83. The van der Waals surface area contributed by atoms with E-state index in [1.54, 1.807) is 10.5 Å². The third kappa shape index (κ3) is 2.29. The second kappa shape index (κ2) is 4.72. The molecule has 0 spiro atoms. The van der Waals surface area contributed by atoms with Gasteiger partial charge in [0.1, 0.15) is 17.2 Å². The SMILES string of the molecule is CCOc1ccc(-c2cn3cc(F)ccc3n2)cc1. The number of pyridine rings is 1. The van der Waals surface area contributed by atoms with Gasteiger partial charge in [0.05, 0.1) is 12.3 Å². The van der Waals surface area contributed by atoms with Crippen molar-refractivity contribution in [3.63, 3.8) is 0 Å². The van der Waals surface area contributed by atoms with Gasteiger partial charge in [-0.2, -0.15) is 0 Å². The normalized spacial score (nSPS) is 10.8. The van der Waals surface area contributed by atoms with E-state index in [-0.39, 0.29) is 5.82 Å². The highest BCUT2D eigenvalue weighted by molar-refractivity contribution is 5.63. The van der Waals surface area contributed by atoms with E-state index in [1.165, 1.54) is 12.3 Å². The largest absolute Gasteiger partial charge is 0.494 e. The molecule has 2 aromatic heterocycles. The molecule has 0 amide bonds. The van der Waals surface area contributed by atoms with Crippen molar-refractivity contribution < 1.29 is 9.13 Å². The van der Waals surface area contributed by atoms with E-state index in [1.807, 2.05) is 37.4 Å². The zero-order valence-electron chi connectivity index (χ0n) is 10.5. The molecule has 0 saturated heterocycles. The van der Waals surface area contributed by atoms with Crippen molar-refractivity contribution in [2.24, 2.45) is 0 Å². The topological polar surface area (TPSA) is 26.5 Å². The summed E-state index contributed by atoms with van der Waals surface area (Å²) in [7, 11) is 0. The molecule has 96 valence electrons. The first-order valence-electron chi connectivity index (χ1n) is 6.14. The molecule has 0 unspecified atom stereocenters. The van der Waals surface area contributed by atoms with E-state index >= 15 is 0 Å². The van der Waals surface area contributed by atoms with Crippen LogP contribution in [0, 0.1) is 5.82 Å². The van der Waals surface area contributed by atoms with Crippen molar-refractivity contribution in [1.82, 2.24) is 9.38 Å². The molecule has 0 radical (unpaired) electrons. The maximum Gasteiger partial charge on any atom is 0.139 e. The highest BCUT2D eigenvalue weighted by Gasteiger charge is 2.05. The molecular weight excluding hydrogens is 243 g/mol. The van der Waals surface area contributed by atoms with Gasteiger partial charge in [-0.25, -0.2) is 9.37 Å². The number of nitrogens with zero attached hydrogens (tertiary/aromatic N) is 2. The Labute approximate surface area is 110 Å². The van der Waals surface area contributed by atoms with Gasteiger partial charge in [0, 0.05) is 18.0 Å². The van der Waals surface area contributed by atoms with Crippen LogP contribution in [-0.2, 0) is 0 Å². The molecule has 2 heterocycles. The first-order chi connectivity index (χ1) is 9.26. The second-order valence-corrected chi connectivity index (χ2v) is 4.20. The molecule has 3 rings (SSSR count). The summed E-state index contributed by atoms with van der Waals surface area (Å²) in [5.74, 6) is 0.559. The van der Waals surface area contributed by atoms with Crippen LogP contribution in [0.2, 0.25) is 0 Å². The van der Waals surface area contributed by atoms with Crippen LogP contribution in [0.4, 0.5) is 4.39 Å². The summed E-state index contributed by atoms with van der Waals surface area (Å²) in [4.78, 5) is 4.46. The van der Waals surface area contributed by atoms with E-state index in [0.717, 1.165) is 22.7 Å². The van der Waals surface area contributed by atoms with Crippen LogP contribution in [0.25, 0.3) is 16.9 Å². The van der Waals surface area contributed by atoms with Crippen LogP contribution >= 0.6 is 0 Å². The van der Waals surface area contributed by atoms with Gasteiger partial charge < -0.3 is 9.14 Å². The fourth-order valence-corrected chi connectivity index (χ4v) is 1.99. The summed E-state index contributed by atoms with van der Waals surface area (Å²) < 4.78 is 20.2. The van der Waals surface area contributed by atoms with Crippen molar-refractivity contribution in [2.75, 3.05) is 6.61 Å². The molecule has 3 nitrogen and oxygen atoms in total. The molecule has 1 aromatic carbocycles. The van der Waals surface area contributed by atoms with Gasteiger partial charge in [0.15, 0.2) is 0 Å². The predicted molar refractivity (Wildman–Crippen MR) is 71.8 cm³/mol. The van der Waals surface area contributed by atoms with E-state index in [0.29, 0.717) is 6.61 Å². The molecule has 0 saturated carbocycles. The Bertz CT molecular complexity index is 704. The Hall–Kier alpha value is -2.36. The number of hydrogen-bond acceptors (Lipinski definition) is 2. The molecule has 0 atom stereocenters. The van der Waals surface area contributed by atoms with Crippen LogP contribution in [0.15, 0.2) is 48.8 Å². The molecule has 19 heavy (non-hydrogen) atoms. The average molecular weight is 256 g/mol. The van der Waals surface area contributed by atoms with Crippen molar-refractivity contribution in [1.29, 1.82) is 0 Å². The molecule has 0 fully saturated rings. The number of imidazole rings is 1. The van der Waals surface area contributed by atoms with Crippen LogP contribution in [0.5, 0.6) is 5.75 Å². The quantitative estimate of drug-likeness (QED) is 0.716. The summed E-state index contributed by atoms with van der Waals surface area (Å²) in [5.41, 5.74) is 2.52. The molecular formula is C15H13FN2O. The maximum absolute atomic E-state index is 13.1. The van der Waals surface area contributed by atoms with E-state index in [2.05, 4.69) is 4.98 Å². The summed E-state index contributed by atoms with van der Waals surface area (Å²) in [6.45, 7) is 2.59. The van der Waals surface area contributed by atoms with Crippen molar-refractivity contribution in [3.05, 3.63) is 54.6 Å². The van der Waals surface area contributed by atoms with Crippen molar-refractivity contribution in [3.8, 4) is 17.0 Å². The summed E-state index contributed by atoms with van der Waals surface area (Å²) >= 11 is 0. The van der Waals surface area contributed by atoms with Gasteiger partial charge in [-0.1, -0.05) is 0 Å². The Morgan fingerprint density at radius 2 is 1.89 bits per heavy atom. The van der Waals surface area contributed by atoms with Crippen molar-refractivity contribution >= 4 is 5.65 Å². The molecule has 0 aliphatic heterocycles. The zero-order chi connectivity index (χ0) is 13.2. The summed E-state index contributed by atoms with van der Waals surface area (Å²) in [5, 5.41) is 0. The lowest BCUT2D eigenvalue weighted by Gasteiger charge is -2.02. The Morgan fingerprint density at radius 3 is 2.63 bits per heavy atom. The van der Waals surface area contributed by atoms with Crippen LogP contribution in [0.3, 0.4) is 0 Å². The lowest BCUT2D eigenvalue weighted by Crippen LogP contribution is -1.90. The van der Waals surface area contributed by atoms with Gasteiger partial charge in [-0.3, -0.25) is 0 Å². The number of halogens is 1. The molecule has 4 heteroatoms. The van der Waals surface area contributed by atoms with Gasteiger partial charge in [-0.05, 0) is 43.3 Å².